The summed E-state index contributed by atoms with van der Waals surface area (Å²) in [5, 5.41) is 6.75. The van der Waals surface area contributed by atoms with Gasteiger partial charge < -0.3 is 4.90 Å². The first kappa shape index (κ1) is 21.3. The minimum Gasteiger partial charge on any atom is -0.306 e. The zero-order valence-electron chi connectivity index (χ0n) is 18.5. The van der Waals surface area contributed by atoms with Gasteiger partial charge in [-0.1, -0.05) is 84.9 Å². The monoisotopic (exact) mass is 445 g/mol. The van der Waals surface area contributed by atoms with E-state index in [1.54, 1.807) is 11.0 Å². The van der Waals surface area contributed by atoms with Gasteiger partial charge in [0.05, 0.1) is 12.2 Å². The molecule has 0 spiro atoms. The van der Waals surface area contributed by atoms with Crippen molar-refractivity contribution in [1.82, 2.24) is 9.78 Å². The highest BCUT2D eigenvalue weighted by molar-refractivity contribution is 5.93. The number of para-hydroxylation sites is 1. The summed E-state index contributed by atoms with van der Waals surface area (Å²) in [5.74, 6) is -0.208. The molecule has 1 amide bonds. The van der Waals surface area contributed by atoms with Crippen LogP contribution in [0.1, 0.15) is 5.56 Å². The van der Waals surface area contributed by atoms with Crippen molar-refractivity contribution in [2.24, 2.45) is 0 Å². The lowest BCUT2D eigenvalue weighted by Crippen LogP contribution is -2.37. The molecular formula is C29H23N3O2. The number of hydrogen-bond donors (Lipinski definition) is 0. The number of anilines is 1. The molecule has 0 radical (unpaired) electrons. The molecule has 4 aromatic carbocycles. The Morgan fingerprint density at radius 2 is 1.41 bits per heavy atom. The number of nitrogens with zero attached hydrogens (tertiary/aromatic N) is 3. The van der Waals surface area contributed by atoms with Crippen LogP contribution in [0.3, 0.4) is 0 Å². The van der Waals surface area contributed by atoms with Crippen molar-refractivity contribution in [3.8, 4) is 11.3 Å². The average Bonchev–Trinajstić information content (AvgIpc) is 2.89. The van der Waals surface area contributed by atoms with Crippen LogP contribution in [0, 0.1) is 0 Å². The van der Waals surface area contributed by atoms with Crippen LogP contribution in [0.5, 0.6) is 0 Å². The third kappa shape index (κ3) is 4.64. The molecule has 0 saturated carbocycles. The number of fused-ring (bicyclic) bond motifs is 1. The van der Waals surface area contributed by atoms with Crippen molar-refractivity contribution in [3.63, 3.8) is 0 Å². The molecule has 0 aliphatic heterocycles. The molecule has 0 fully saturated rings. The van der Waals surface area contributed by atoms with Crippen molar-refractivity contribution in [2.75, 3.05) is 4.90 Å². The average molecular weight is 446 g/mol. The summed E-state index contributed by atoms with van der Waals surface area (Å²) in [6.45, 7) is 0.255. The Kier molecular flexibility index (Phi) is 5.99. The fourth-order valence-corrected chi connectivity index (χ4v) is 3.98. The van der Waals surface area contributed by atoms with Crippen LogP contribution in [-0.4, -0.2) is 15.7 Å². The molecule has 5 rings (SSSR count). The Morgan fingerprint density at radius 1 is 0.735 bits per heavy atom. The highest BCUT2D eigenvalue weighted by atomic mass is 16.2. The largest absolute Gasteiger partial charge is 0.306 e. The second-order valence-electron chi connectivity index (χ2n) is 8.08. The van der Waals surface area contributed by atoms with Crippen LogP contribution in [0.15, 0.2) is 120 Å². The summed E-state index contributed by atoms with van der Waals surface area (Å²) in [6, 6.07) is 36.6. The van der Waals surface area contributed by atoms with E-state index in [0.717, 1.165) is 27.6 Å². The first-order valence-corrected chi connectivity index (χ1v) is 11.1. The van der Waals surface area contributed by atoms with Gasteiger partial charge >= 0.3 is 0 Å². The molecule has 0 bridgehead atoms. The molecule has 1 heterocycles. The molecular weight excluding hydrogens is 422 g/mol. The van der Waals surface area contributed by atoms with E-state index in [1.807, 2.05) is 97.1 Å². The predicted molar refractivity (Wildman–Crippen MR) is 136 cm³/mol. The third-order valence-electron chi connectivity index (χ3n) is 5.75. The molecule has 0 atom stereocenters. The zero-order chi connectivity index (χ0) is 23.3. The van der Waals surface area contributed by atoms with Crippen LogP contribution < -0.4 is 10.5 Å². The van der Waals surface area contributed by atoms with Gasteiger partial charge in [0.15, 0.2) is 0 Å². The summed E-state index contributed by atoms with van der Waals surface area (Å²) in [5.41, 5.74) is 3.00. The number of aromatic nitrogens is 2. The van der Waals surface area contributed by atoms with E-state index in [4.69, 9.17) is 0 Å². The van der Waals surface area contributed by atoms with E-state index >= 15 is 0 Å². The first-order valence-electron chi connectivity index (χ1n) is 11.1. The molecule has 5 heteroatoms. The maximum absolute atomic E-state index is 13.4. The maximum Gasteiger partial charge on any atom is 0.267 e. The number of benzene rings is 4. The van der Waals surface area contributed by atoms with Gasteiger partial charge in [0.2, 0.25) is 5.91 Å². The number of carbonyl (C=O) groups excluding carboxylic acids is 1. The summed E-state index contributed by atoms with van der Waals surface area (Å²) < 4.78 is 1.24. The molecule has 0 aliphatic carbocycles. The number of carbonyl (C=O) groups is 1. The fraction of sp³-hybridized carbons (Fsp3) is 0.0690. The molecule has 5 nitrogen and oxygen atoms in total. The molecule has 0 unspecified atom stereocenters. The normalized spacial score (nSPS) is 10.8. The van der Waals surface area contributed by atoms with E-state index < -0.39 is 0 Å². The van der Waals surface area contributed by atoms with Crippen LogP contribution in [0.4, 0.5) is 5.69 Å². The topological polar surface area (TPSA) is 55.2 Å². The van der Waals surface area contributed by atoms with Gasteiger partial charge in [-0.25, -0.2) is 4.68 Å². The summed E-state index contributed by atoms with van der Waals surface area (Å²) >= 11 is 0. The quantitative estimate of drug-likeness (QED) is 0.357. The van der Waals surface area contributed by atoms with Gasteiger partial charge in [-0.05, 0) is 40.6 Å². The van der Waals surface area contributed by atoms with Gasteiger partial charge in [0.25, 0.3) is 5.56 Å². The van der Waals surface area contributed by atoms with E-state index in [0.29, 0.717) is 12.2 Å². The van der Waals surface area contributed by atoms with Crippen molar-refractivity contribution in [3.05, 3.63) is 131 Å². The predicted octanol–water partition coefficient (Wildman–Crippen LogP) is 5.30. The van der Waals surface area contributed by atoms with Gasteiger partial charge in [0, 0.05) is 17.3 Å². The molecule has 1 aromatic heterocycles. The Morgan fingerprint density at radius 3 is 2.18 bits per heavy atom. The third-order valence-corrected chi connectivity index (χ3v) is 5.75. The Bertz CT molecular complexity index is 1490. The van der Waals surface area contributed by atoms with Crippen molar-refractivity contribution >= 4 is 22.4 Å². The summed E-state index contributed by atoms with van der Waals surface area (Å²) in [4.78, 5) is 27.7. The van der Waals surface area contributed by atoms with Crippen LogP contribution in [0.25, 0.3) is 22.0 Å². The lowest BCUT2D eigenvalue weighted by molar-refractivity contribution is -0.119. The van der Waals surface area contributed by atoms with Crippen LogP contribution in [-0.2, 0) is 17.9 Å². The minimum absolute atomic E-state index is 0.151. The van der Waals surface area contributed by atoms with Gasteiger partial charge in [0.1, 0.15) is 6.54 Å². The molecule has 166 valence electrons. The smallest absolute Gasteiger partial charge is 0.267 e. The van der Waals surface area contributed by atoms with Gasteiger partial charge in [-0.15, -0.1) is 0 Å². The van der Waals surface area contributed by atoms with Crippen molar-refractivity contribution in [1.29, 1.82) is 0 Å². The zero-order valence-corrected chi connectivity index (χ0v) is 18.5. The Balaban J connectivity index is 1.45. The highest BCUT2D eigenvalue weighted by Gasteiger charge is 2.18. The van der Waals surface area contributed by atoms with E-state index in [2.05, 4.69) is 11.2 Å². The first-order chi connectivity index (χ1) is 16.7. The van der Waals surface area contributed by atoms with E-state index in [-0.39, 0.29) is 18.0 Å². The minimum atomic E-state index is -0.314. The fourth-order valence-electron chi connectivity index (χ4n) is 3.98. The van der Waals surface area contributed by atoms with Crippen molar-refractivity contribution < 1.29 is 4.79 Å². The van der Waals surface area contributed by atoms with Crippen LogP contribution >= 0.6 is 0 Å². The van der Waals surface area contributed by atoms with Crippen molar-refractivity contribution in [2.45, 2.75) is 13.1 Å². The SMILES string of the molecule is O=C(Cn1nc(-c2ccc3ccccc3c2)ccc1=O)N(Cc1ccccc1)c1ccccc1. The lowest BCUT2D eigenvalue weighted by atomic mass is 10.1. The molecule has 0 aliphatic rings. The van der Waals surface area contributed by atoms with Crippen LogP contribution in [0.2, 0.25) is 0 Å². The van der Waals surface area contributed by atoms with Gasteiger partial charge in [-0.3, -0.25) is 9.59 Å². The standard InChI is InChI=1S/C29H23N3O2/c33-28-18-17-27(25-16-15-23-11-7-8-12-24(23)19-25)30-32(28)21-29(34)31(26-13-5-2-6-14-26)20-22-9-3-1-4-10-22/h1-19H,20-21H2. The molecule has 5 aromatic rings. The van der Waals surface area contributed by atoms with E-state index in [9.17, 15) is 9.59 Å². The second-order valence-corrected chi connectivity index (χ2v) is 8.08. The highest BCUT2D eigenvalue weighted by Crippen LogP contribution is 2.22. The van der Waals surface area contributed by atoms with E-state index in [1.165, 1.54) is 10.7 Å². The number of amides is 1. The number of rotatable bonds is 6. The summed E-state index contributed by atoms with van der Waals surface area (Å²) in [7, 11) is 0. The molecule has 34 heavy (non-hydrogen) atoms. The Labute approximate surface area is 197 Å². The number of hydrogen-bond acceptors (Lipinski definition) is 3. The van der Waals surface area contributed by atoms with Gasteiger partial charge in [-0.2, -0.15) is 5.10 Å². The maximum atomic E-state index is 13.4. The molecule has 0 N–H and O–H groups in total. The lowest BCUT2D eigenvalue weighted by Gasteiger charge is -2.23. The Hall–Kier alpha value is -4.51. The second kappa shape index (κ2) is 9.55. The summed E-state index contributed by atoms with van der Waals surface area (Å²) in [6.07, 6.45) is 0. The molecule has 0 saturated heterocycles.